The van der Waals surface area contributed by atoms with Crippen LogP contribution >= 0.6 is 11.8 Å². The van der Waals surface area contributed by atoms with Crippen LogP contribution in [0.4, 0.5) is 0 Å². The molecule has 1 aromatic heterocycles. The molecule has 1 aliphatic carbocycles. The molecule has 1 heterocycles. The van der Waals surface area contributed by atoms with Gasteiger partial charge < -0.3 is 4.57 Å². The summed E-state index contributed by atoms with van der Waals surface area (Å²) in [7, 11) is 2.00. The van der Waals surface area contributed by atoms with Gasteiger partial charge in [0.15, 0.2) is 10.9 Å². The summed E-state index contributed by atoms with van der Waals surface area (Å²) in [5, 5.41) is 9.38. The predicted octanol–water partition coefficient (Wildman–Crippen LogP) is 4.91. The molecule has 0 radical (unpaired) electrons. The fraction of sp³-hybridized carbons (Fsp3) is 0.550. The van der Waals surface area contributed by atoms with Gasteiger partial charge in [0.25, 0.3) is 0 Å². The van der Waals surface area contributed by atoms with Gasteiger partial charge in [-0.15, -0.1) is 10.2 Å². The Labute approximate surface area is 154 Å². The van der Waals surface area contributed by atoms with E-state index < -0.39 is 0 Å². The quantitative estimate of drug-likeness (QED) is 0.521. The van der Waals surface area contributed by atoms with Gasteiger partial charge in [-0.2, -0.15) is 0 Å². The molecule has 1 aromatic carbocycles. The lowest BCUT2D eigenvalue weighted by Crippen LogP contribution is -2.09. The zero-order valence-corrected chi connectivity index (χ0v) is 16.6. The van der Waals surface area contributed by atoms with Gasteiger partial charge in [0.2, 0.25) is 0 Å². The van der Waals surface area contributed by atoms with Crippen LogP contribution < -0.4 is 0 Å². The molecule has 2 aromatic rings. The molecule has 0 aliphatic heterocycles. The Morgan fingerprint density at radius 1 is 1.20 bits per heavy atom. The van der Waals surface area contributed by atoms with Gasteiger partial charge >= 0.3 is 0 Å². The molecule has 4 nitrogen and oxygen atoms in total. The van der Waals surface area contributed by atoms with Gasteiger partial charge in [-0.3, -0.25) is 4.79 Å². The van der Waals surface area contributed by atoms with Crippen LogP contribution in [0.25, 0.3) is 0 Å². The SMILES string of the molecule is CC(C)c1ccc(C(=O)CSc2nnc(C3CC3)n2C)c(C(C)C)c1. The normalized spacial score (nSPS) is 14.5. The van der Waals surface area contributed by atoms with Gasteiger partial charge in [-0.1, -0.05) is 57.7 Å². The lowest BCUT2D eigenvalue weighted by molar-refractivity contribution is 0.102. The number of ketones is 1. The van der Waals surface area contributed by atoms with Gasteiger partial charge in [0.05, 0.1) is 5.75 Å². The lowest BCUT2D eigenvalue weighted by Gasteiger charge is -2.15. The molecular formula is C20H27N3OS. The number of benzene rings is 1. The van der Waals surface area contributed by atoms with E-state index >= 15 is 0 Å². The van der Waals surface area contributed by atoms with Crippen molar-refractivity contribution in [3.8, 4) is 0 Å². The standard InChI is InChI=1S/C20H27N3OS/c1-12(2)15-8-9-16(17(10-15)13(3)4)18(24)11-25-20-22-21-19(23(20)5)14-6-7-14/h8-10,12-14H,6-7,11H2,1-5H3. The van der Waals surface area contributed by atoms with E-state index in [1.807, 2.05) is 17.7 Å². The second-order valence-corrected chi connectivity index (χ2v) is 8.48. The summed E-state index contributed by atoms with van der Waals surface area (Å²) in [5.41, 5.74) is 3.28. The maximum absolute atomic E-state index is 12.8. The van der Waals surface area contributed by atoms with Crippen molar-refractivity contribution in [1.29, 1.82) is 0 Å². The fourth-order valence-electron chi connectivity index (χ4n) is 3.03. The first kappa shape index (κ1) is 18.2. The molecule has 0 atom stereocenters. The maximum atomic E-state index is 12.8. The van der Waals surface area contributed by atoms with E-state index in [1.54, 1.807) is 0 Å². The highest BCUT2D eigenvalue weighted by Gasteiger charge is 2.29. The first-order valence-corrected chi connectivity index (χ1v) is 10.1. The highest BCUT2D eigenvalue weighted by molar-refractivity contribution is 7.99. The minimum Gasteiger partial charge on any atom is -0.309 e. The van der Waals surface area contributed by atoms with Crippen molar-refractivity contribution in [1.82, 2.24) is 14.8 Å². The van der Waals surface area contributed by atoms with Crippen LogP contribution in [-0.2, 0) is 7.05 Å². The van der Waals surface area contributed by atoms with E-state index in [2.05, 4.69) is 50.0 Å². The average molecular weight is 358 g/mol. The monoisotopic (exact) mass is 357 g/mol. The Morgan fingerprint density at radius 3 is 2.52 bits per heavy atom. The first-order valence-electron chi connectivity index (χ1n) is 9.07. The number of aromatic nitrogens is 3. The molecule has 134 valence electrons. The van der Waals surface area contributed by atoms with Crippen molar-refractivity contribution >= 4 is 17.5 Å². The van der Waals surface area contributed by atoms with Crippen LogP contribution in [-0.4, -0.2) is 26.3 Å². The van der Waals surface area contributed by atoms with E-state index in [0.717, 1.165) is 22.1 Å². The molecule has 1 fully saturated rings. The number of carbonyl (C=O) groups excluding carboxylic acids is 1. The number of hydrogen-bond donors (Lipinski definition) is 0. The van der Waals surface area contributed by atoms with Crippen LogP contribution in [0.3, 0.4) is 0 Å². The summed E-state index contributed by atoms with van der Waals surface area (Å²) in [4.78, 5) is 12.8. The Balaban J connectivity index is 1.74. The van der Waals surface area contributed by atoms with E-state index in [4.69, 9.17) is 0 Å². The Bertz CT molecular complexity index is 775. The molecule has 0 amide bonds. The zero-order chi connectivity index (χ0) is 18.1. The average Bonchev–Trinajstić information content (AvgIpc) is 3.35. The molecule has 25 heavy (non-hydrogen) atoms. The van der Waals surface area contributed by atoms with Crippen molar-refractivity contribution in [3.05, 3.63) is 40.7 Å². The van der Waals surface area contributed by atoms with E-state index in [-0.39, 0.29) is 5.78 Å². The molecule has 0 N–H and O–H groups in total. The van der Waals surface area contributed by atoms with Crippen LogP contribution in [0.5, 0.6) is 0 Å². The third-order valence-electron chi connectivity index (χ3n) is 4.81. The van der Waals surface area contributed by atoms with Gasteiger partial charge in [0, 0.05) is 18.5 Å². The summed E-state index contributed by atoms with van der Waals surface area (Å²) in [6, 6.07) is 6.28. The van der Waals surface area contributed by atoms with Crippen molar-refractivity contribution in [2.75, 3.05) is 5.75 Å². The third-order valence-corrected chi connectivity index (χ3v) is 5.83. The van der Waals surface area contributed by atoms with Crippen molar-refractivity contribution in [3.63, 3.8) is 0 Å². The smallest absolute Gasteiger partial charge is 0.191 e. The van der Waals surface area contributed by atoms with Gasteiger partial charge in [-0.05, 0) is 35.8 Å². The van der Waals surface area contributed by atoms with Crippen LogP contribution in [0.15, 0.2) is 23.4 Å². The van der Waals surface area contributed by atoms with Crippen LogP contribution in [0.2, 0.25) is 0 Å². The molecule has 0 spiro atoms. The molecule has 0 unspecified atom stereocenters. The summed E-state index contributed by atoms with van der Waals surface area (Å²) in [5.74, 6) is 2.99. The number of nitrogens with zero attached hydrogens (tertiary/aromatic N) is 3. The second kappa shape index (κ2) is 7.32. The summed E-state index contributed by atoms with van der Waals surface area (Å²) in [6.45, 7) is 8.66. The van der Waals surface area contributed by atoms with Crippen molar-refractivity contribution < 1.29 is 4.79 Å². The minimum atomic E-state index is 0.167. The predicted molar refractivity (Wildman–Crippen MR) is 103 cm³/mol. The highest BCUT2D eigenvalue weighted by atomic mass is 32.2. The Morgan fingerprint density at radius 2 is 1.92 bits per heavy atom. The Kier molecular flexibility index (Phi) is 5.32. The Hall–Kier alpha value is -1.62. The number of thioether (sulfide) groups is 1. The molecule has 5 heteroatoms. The highest BCUT2D eigenvalue weighted by Crippen LogP contribution is 2.39. The number of Topliss-reactive ketones (excluding diaryl/α,β-unsaturated/α-hetero) is 1. The minimum absolute atomic E-state index is 0.167. The molecule has 0 saturated heterocycles. The largest absolute Gasteiger partial charge is 0.309 e. The van der Waals surface area contributed by atoms with Crippen molar-refractivity contribution in [2.24, 2.45) is 7.05 Å². The maximum Gasteiger partial charge on any atom is 0.191 e. The molecule has 1 saturated carbocycles. The van der Waals surface area contributed by atoms with Gasteiger partial charge in [0.1, 0.15) is 5.82 Å². The molecule has 3 rings (SSSR count). The fourth-order valence-corrected chi connectivity index (χ4v) is 3.83. The summed E-state index contributed by atoms with van der Waals surface area (Å²) < 4.78 is 2.04. The lowest BCUT2D eigenvalue weighted by atomic mass is 9.90. The number of rotatable bonds is 7. The molecule has 1 aliphatic rings. The second-order valence-electron chi connectivity index (χ2n) is 7.54. The summed E-state index contributed by atoms with van der Waals surface area (Å²) in [6.07, 6.45) is 2.41. The van der Waals surface area contributed by atoms with Crippen LogP contribution in [0.1, 0.15) is 85.6 Å². The van der Waals surface area contributed by atoms with E-state index in [1.165, 1.54) is 30.2 Å². The third kappa shape index (κ3) is 3.97. The summed E-state index contributed by atoms with van der Waals surface area (Å²) >= 11 is 1.49. The zero-order valence-electron chi connectivity index (χ0n) is 15.7. The van der Waals surface area contributed by atoms with E-state index in [0.29, 0.717) is 23.5 Å². The van der Waals surface area contributed by atoms with Crippen LogP contribution in [0, 0.1) is 0 Å². The number of carbonyl (C=O) groups is 1. The molecular weight excluding hydrogens is 330 g/mol. The van der Waals surface area contributed by atoms with Gasteiger partial charge in [-0.25, -0.2) is 0 Å². The number of hydrogen-bond acceptors (Lipinski definition) is 4. The van der Waals surface area contributed by atoms with Crippen molar-refractivity contribution in [2.45, 2.75) is 63.4 Å². The first-order chi connectivity index (χ1) is 11.9. The topological polar surface area (TPSA) is 47.8 Å². The van der Waals surface area contributed by atoms with E-state index in [9.17, 15) is 4.79 Å². The molecule has 0 bridgehead atoms.